The van der Waals surface area contributed by atoms with E-state index in [9.17, 15) is 13.2 Å². The second-order valence-corrected chi connectivity index (χ2v) is 4.41. The number of para-hydroxylation sites is 1. The third kappa shape index (κ3) is 3.04. The smallest absolute Gasteiger partial charge is 0.416 e. The van der Waals surface area contributed by atoms with E-state index < -0.39 is 11.7 Å². The predicted octanol–water partition coefficient (Wildman–Crippen LogP) is 5.26. The second-order valence-electron chi connectivity index (χ2n) is 3.56. The van der Waals surface area contributed by atoms with Crippen molar-refractivity contribution in [3.05, 3.63) is 58.6 Å². The molecule has 94 valence electrons. The van der Waals surface area contributed by atoms with Crippen LogP contribution in [-0.2, 0) is 6.18 Å². The summed E-state index contributed by atoms with van der Waals surface area (Å²) in [7, 11) is 0. The number of ether oxygens (including phenoxy) is 1. The van der Waals surface area contributed by atoms with E-state index in [1.807, 2.05) is 0 Å². The van der Waals surface area contributed by atoms with Crippen molar-refractivity contribution in [2.75, 3.05) is 0 Å². The van der Waals surface area contributed by atoms with Crippen molar-refractivity contribution in [1.29, 1.82) is 0 Å². The van der Waals surface area contributed by atoms with Crippen molar-refractivity contribution in [3.8, 4) is 11.5 Å². The van der Waals surface area contributed by atoms with E-state index in [1.165, 1.54) is 12.1 Å². The van der Waals surface area contributed by atoms with Gasteiger partial charge < -0.3 is 4.74 Å². The fourth-order valence-corrected chi connectivity index (χ4v) is 1.76. The summed E-state index contributed by atoms with van der Waals surface area (Å²) in [6.07, 6.45) is -4.37. The third-order valence-corrected chi connectivity index (χ3v) is 2.88. The lowest BCUT2D eigenvalue weighted by atomic mass is 10.2. The topological polar surface area (TPSA) is 9.23 Å². The molecule has 0 aliphatic rings. The number of benzene rings is 2. The van der Waals surface area contributed by atoms with Gasteiger partial charge in [-0.25, -0.2) is 0 Å². The summed E-state index contributed by atoms with van der Waals surface area (Å²) in [5, 5.41) is 0. The van der Waals surface area contributed by atoms with Crippen LogP contribution in [0.1, 0.15) is 5.56 Å². The molecule has 0 bridgehead atoms. The van der Waals surface area contributed by atoms with Gasteiger partial charge in [0, 0.05) is 0 Å². The van der Waals surface area contributed by atoms with Gasteiger partial charge in [0.05, 0.1) is 10.0 Å². The minimum atomic E-state index is -4.37. The molecule has 0 spiro atoms. The first kappa shape index (κ1) is 13.0. The van der Waals surface area contributed by atoms with Gasteiger partial charge >= 0.3 is 6.18 Å². The van der Waals surface area contributed by atoms with Crippen LogP contribution < -0.4 is 4.74 Å². The Labute approximate surface area is 110 Å². The van der Waals surface area contributed by atoms with Gasteiger partial charge in [-0.15, -0.1) is 0 Å². The average molecular weight is 317 g/mol. The first-order valence-corrected chi connectivity index (χ1v) is 5.86. The van der Waals surface area contributed by atoms with Crippen molar-refractivity contribution < 1.29 is 17.9 Å². The highest BCUT2D eigenvalue weighted by atomic mass is 79.9. The van der Waals surface area contributed by atoms with Crippen LogP contribution in [0.4, 0.5) is 13.2 Å². The molecule has 0 amide bonds. The Morgan fingerprint density at radius 3 is 2.33 bits per heavy atom. The summed E-state index contributed by atoms with van der Waals surface area (Å²) in [5.74, 6) is 0.619. The highest BCUT2D eigenvalue weighted by Crippen LogP contribution is 2.34. The monoisotopic (exact) mass is 316 g/mol. The van der Waals surface area contributed by atoms with E-state index in [-0.39, 0.29) is 5.75 Å². The molecule has 0 aromatic heterocycles. The molecule has 2 rings (SSSR count). The maximum Gasteiger partial charge on any atom is 0.416 e. The molecule has 5 heteroatoms. The quantitative estimate of drug-likeness (QED) is 0.734. The van der Waals surface area contributed by atoms with Crippen molar-refractivity contribution in [2.45, 2.75) is 6.18 Å². The molecular weight excluding hydrogens is 309 g/mol. The fraction of sp³-hybridized carbons (Fsp3) is 0.0769. The van der Waals surface area contributed by atoms with Gasteiger partial charge in [0.1, 0.15) is 11.5 Å². The maximum absolute atomic E-state index is 12.5. The van der Waals surface area contributed by atoms with Gasteiger partial charge in [-0.1, -0.05) is 18.2 Å². The molecule has 18 heavy (non-hydrogen) atoms. The van der Waals surface area contributed by atoms with E-state index in [1.54, 1.807) is 24.3 Å². The molecule has 1 nitrogen and oxygen atoms in total. The normalized spacial score (nSPS) is 11.3. The van der Waals surface area contributed by atoms with Crippen LogP contribution in [0, 0.1) is 0 Å². The Balaban J connectivity index is 2.28. The molecule has 0 heterocycles. The second kappa shape index (κ2) is 5.02. The molecule has 0 fully saturated rings. The van der Waals surface area contributed by atoms with Crippen molar-refractivity contribution in [3.63, 3.8) is 0 Å². The highest BCUT2D eigenvalue weighted by Gasteiger charge is 2.30. The van der Waals surface area contributed by atoms with E-state index >= 15 is 0 Å². The van der Waals surface area contributed by atoms with Gasteiger partial charge in [-0.2, -0.15) is 13.2 Å². The Kier molecular flexibility index (Phi) is 3.61. The van der Waals surface area contributed by atoms with Crippen LogP contribution in [0.3, 0.4) is 0 Å². The van der Waals surface area contributed by atoms with Crippen molar-refractivity contribution in [2.24, 2.45) is 0 Å². The lowest BCUT2D eigenvalue weighted by Gasteiger charge is -2.10. The lowest BCUT2D eigenvalue weighted by molar-refractivity contribution is -0.137. The zero-order chi connectivity index (χ0) is 13.2. The van der Waals surface area contributed by atoms with Crippen LogP contribution in [0.5, 0.6) is 11.5 Å². The molecule has 2 aromatic carbocycles. The SMILES string of the molecule is FC(F)(F)c1cccc(Oc2ccccc2Br)c1. The summed E-state index contributed by atoms with van der Waals surface area (Å²) in [6.45, 7) is 0. The summed E-state index contributed by atoms with van der Waals surface area (Å²) in [6, 6.07) is 11.7. The Morgan fingerprint density at radius 2 is 1.67 bits per heavy atom. The Morgan fingerprint density at radius 1 is 0.944 bits per heavy atom. The van der Waals surface area contributed by atoms with E-state index in [0.29, 0.717) is 10.2 Å². The van der Waals surface area contributed by atoms with Crippen LogP contribution in [0.15, 0.2) is 53.0 Å². The van der Waals surface area contributed by atoms with Crippen molar-refractivity contribution in [1.82, 2.24) is 0 Å². The van der Waals surface area contributed by atoms with Gasteiger partial charge in [-0.3, -0.25) is 0 Å². The summed E-state index contributed by atoms with van der Waals surface area (Å²) in [5.41, 5.74) is -0.730. The number of hydrogen-bond donors (Lipinski definition) is 0. The lowest BCUT2D eigenvalue weighted by Crippen LogP contribution is -2.04. The fourth-order valence-electron chi connectivity index (χ4n) is 1.39. The molecule has 0 aliphatic carbocycles. The Hall–Kier alpha value is -1.49. The maximum atomic E-state index is 12.5. The van der Waals surface area contributed by atoms with Crippen molar-refractivity contribution >= 4 is 15.9 Å². The van der Waals surface area contributed by atoms with E-state index in [4.69, 9.17) is 4.74 Å². The summed E-state index contributed by atoms with van der Waals surface area (Å²) >= 11 is 3.26. The number of alkyl halides is 3. The standard InChI is InChI=1S/C13H8BrF3O/c14-11-6-1-2-7-12(11)18-10-5-3-4-9(8-10)13(15,16)17/h1-8H. The van der Waals surface area contributed by atoms with E-state index in [0.717, 1.165) is 12.1 Å². The van der Waals surface area contributed by atoms with Gasteiger partial charge in [0.2, 0.25) is 0 Å². The number of hydrogen-bond acceptors (Lipinski definition) is 1. The minimum absolute atomic E-state index is 0.150. The molecule has 0 radical (unpaired) electrons. The predicted molar refractivity (Wildman–Crippen MR) is 65.7 cm³/mol. The zero-order valence-corrected chi connectivity index (χ0v) is 10.6. The summed E-state index contributed by atoms with van der Waals surface area (Å²) in [4.78, 5) is 0. The summed E-state index contributed by atoms with van der Waals surface area (Å²) < 4.78 is 43.6. The molecule has 2 aromatic rings. The van der Waals surface area contributed by atoms with Crippen LogP contribution >= 0.6 is 15.9 Å². The molecule has 0 saturated carbocycles. The zero-order valence-electron chi connectivity index (χ0n) is 9.04. The van der Waals surface area contributed by atoms with Crippen LogP contribution in [-0.4, -0.2) is 0 Å². The Bertz CT molecular complexity index is 552. The third-order valence-electron chi connectivity index (χ3n) is 2.23. The minimum Gasteiger partial charge on any atom is -0.456 e. The molecule has 0 N–H and O–H groups in total. The van der Waals surface area contributed by atoms with Gasteiger partial charge in [0.25, 0.3) is 0 Å². The van der Waals surface area contributed by atoms with Crippen LogP contribution in [0.2, 0.25) is 0 Å². The molecular formula is C13H8BrF3O. The van der Waals surface area contributed by atoms with Gasteiger partial charge in [0.15, 0.2) is 0 Å². The first-order chi connectivity index (χ1) is 8.47. The molecule has 0 aliphatic heterocycles. The van der Waals surface area contributed by atoms with Crippen LogP contribution in [0.25, 0.3) is 0 Å². The number of halogens is 4. The highest BCUT2D eigenvalue weighted by molar-refractivity contribution is 9.10. The number of rotatable bonds is 2. The molecule has 0 atom stereocenters. The molecule has 0 unspecified atom stereocenters. The molecule has 0 saturated heterocycles. The largest absolute Gasteiger partial charge is 0.456 e. The van der Waals surface area contributed by atoms with Gasteiger partial charge in [-0.05, 0) is 46.3 Å². The average Bonchev–Trinajstić information content (AvgIpc) is 2.31. The van der Waals surface area contributed by atoms with E-state index in [2.05, 4.69) is 15.9 Å². The first-order valence-electron chi connectivity index (χ1n) is 5.06.